The fourth-order valence-corrected chi connectivity index (χ4v) is 2.58. The molecule has 1 heterocycles. The minimum atomic E-state index is -0.289. The Hall–Kier alpha value is -3.74. The van der Waals surface area contributed by atoms with Crippen LogP contribution in [0.1, 0.15) is 11.1 Å². The Kier molecular flexibility index (Phi) is 5.96. The second-order valence-electron chi connectivity index (χ2n) is 5.99. The van der Waals surface area contributed by atoms with E-state index in [0.717, 1.165) is 5.56 Å². The van der Waals surface area contributed by atoms with Crippen molar-refractivity contribution in [2.45, 2.75) is 6.61 Å². The average molecular weight is 379 g/mol. The van der Waals surface area contributed by atoms with Crippen LogP contribution in [0.15, 0.2) is 60.8 Å². The van der Waals surface area contributed by atoms with Crippen LogP contribution < -0.4 is 14.8 Å². The van der Waals surface area contributed by atoms with Crippen molar-refractivity contribution in [2.24, 2.45) is 7.05 Å². The van der Waals surface area contributed by atoms with Crippen LogP contribution in [0.25, 0.3) is 6.08 Å². The van der Waals surface area contributed by atoms with Crippen molar-refractivity contribution in [1.29, 1.82) is 0 Å². The Labute approximate surface area is 162 Å². The van der Waals surface area contributed by atoms with Gasteiger partial charge < -0.3 is 19.9 Å². The predicted octanol–water partition coefficient (Wildman–Crippen LogP) is 3.37. The lowest BCUT2D eigenvalue weighted by Crippen LogP contribution is -2.11. The molecule has 28 heavy (non-hydrogen) atoms. The molecule has 0 unspecified atom stereocenters. The first-order valence-electron chi connectivity index (χ1n) is 8.61. The maximum absolute atomic E-state index is 12.3. The number of ether oxygens (including phenoxy) is 2. The van der Waals surface area contributed by atoms with E-state index in [-0.39, 0.29) is 11.7 Å². The fourth-order valence-electron chi connectivity index (χ4n) is 2.58. The van der Waals surface area contributed by atoms with Crippen molar-refractivity contribution in [2.75, 3.05) is 12.4 Å². The maximum atomic E-state index is 12.3. The zero-order valence-electron chi connectivity index (χ0n) is 15.6. The summed E-state index contributed by atoms with van der Waals surface area (Å²) in [6.07, 6.45) is 4.67. The number of nitrogens with zero attached hydrogens (tertiary/aromatic N) is 2. The van der Waals surface area contributed by atoms with Gasteiger partial charge in [-0.1, -0.05) is 24.3 Å². The zero-order valence-corrected chi connectivity index (χ0v) is 15.6. The van der Waals surface area contributed by atoms with Gasteiger partial charge in [0.15, 0.2) is 11.5 Å². The number of carbonyl (C=O) groups is 1. The largest absolute Gasteiger partial charge is 0.504 e. The third kappa shape index (κ3) is 4.70. The molecule has 0 aliphatic rings. The van der Waals surface area contributed by atoms with Crippen LogP contribution >= 0.6 is 0 Å². The molecule has 3 rings (SSSR count). The lowest BCUT2D eigenvalue weighted by atomic mass is 10.1. The minimum Gasteiger partial charge on any atom is -0.504 e. The van der Waals surface area contributed by atoms with Crippen molar-refractivity contribution < 1.29 is 19.4 Å². The first-order valence-corrected chi connectivity index (χ1v) is 8.61. The number of phenolic OH excluding ortho intramolecular Hbond substituents is 1. The number of anilines is 1. The first kappa shape index (κ1) is 19.0. The molecule has 0 aliphatic carbocycles. The number of methoxy groups -OCH3 is 1. The highest BCUT2D eigenvalue weighted by Gasteiger charge is 2.07. The number of hydrogen-bond donors (Lipinski definition) is 2. The number of para-hydroxylation sites is 1. The number of benzene rings is 2. The van der Waals surface area contributed by atoms with E-state index in [1.807, 2.05) is 24.3 Å². The van der Waals surface area contributed by atoms with Crippen LogP contribution in [0.5, 0.6) is 17.4 Å². The molecule has 0 bridgehead atoms. The van der Waals surface area contributed by atoms with Crippen LogP contribution in [0.2, 0.25) is 0 Å². The predicted molar refractivity (Wildman–Crippen MR) is 106 cm³/mol. The Morgan fingerprint density at radius 1 is 1.25 bits per heavy atom. The molecule has 144 valence electrons. The highest BCUT2D eigenvalue weighted by Crippen LogP contribution is 2.26. The molecule has 7 nitrogen and oxygen atoms in total. The van der Waals surface area contributed by atoms with Crippen LogP contribution in [0.3, 0.4) is 0 Å². The van der Waals surface area contributed by atoms with Crippen LogP contribution in [0, 0.1) is 0 Å². The summed E-state index contributed by atoms with van der Waals surface area (Å²) in [6, 6.07) is 14.1. The van der Waals surface area contributed by atoms with Crippen molar-refractivity contribution in [3.8, 4) is 17.4 Å². The van der Waals surface area contributed by atoms with Crippen molar-refractivity contribution in [3.05, 3.63) is 71.9 Å². The van der Waals surface area contributed by atoms with E-state index in [9.17, 15) is 9.90 Å². The van der Waals surface area contributed by atoms with Crippen LogP contribution in [0.4, 0.5) is 5.69 Å². The first-order chi connectivity index (χ1) is 13.6. The van der Waals surface area contributed by atoms with Crippen molar-refractivity contribution in [1.82, 2.24) is 9.78 Å². The topological polar surface area (TPSA) is 85.6 Å². The summed E-state index contributed by atoms with van der Waals surface area (Å²) in [4.78, 5) is 12.3. The fraction of sp³-hybridized carbons (Fsp3) is 0.143. The quantitative estimate of drug-likeness (QED) is 0.615. The lowest BCUT2D eigenvalue weighted by Gasteiger charge is -2.11. The summed E-state index contributed by atoms with van der Waals surface area (Å²) in [7, 11) is 3.28. The van der Waals surface area contributed by atoms with Gasteiger partial charge >= 0.3 is 0 Å². The molecule has 7 heteroatoms. The molecule has 0 saturated heterocycles. The summed E-state index contributed by atoms with van der Waals surface area (Å²) < 4.78 is 12.4. The van der Waals surface area contributed by atoms with Gasteiger partial charge in [0.1, 0.15) is 6.61 Å². The highest BCUT2D eigenvalue weighted by atomic mass is 16.5. The maximum Gasteiger partial charge on any atom is 0.248 e. The van der Waals surface area contributed by atoms with Gasteiger partial charge in [-0.15, -0.1) is 0 Å². The van der Waals surface area contributed by atoms with Gasteiger partial charge in [-0.25, -0.2) is 4.68 Å². The molecular weight excluding hydrogens is 358 g/mol. The third-order valence-corrected chi connectivity index (χ3v) is 4.06. The van der Waals surface area contributed by atoms with E-state index in [1.54, 1.807) is 42.2 Å². The van der Waals surface area contributed by atoms with Crippen LogP contribution in [-0.2, 0) is 18.4 Å². The second kappa shape index (κ2) is 8.77. The van der Waals surface area contributed by atoms with Gasteiger partial charge in [-0.2, -0.15) is 5.10 Å². The molecule has 1 aromatic heterocycles. The van der Waals surface area contributed by atoms with E-state index in [0.29, 0.717) is 29.5 Å². The Morgan fingerprint density at radius 3 is 2.79 bits per heavy atom. The van der Waals surface area contributed by atoms with Gasteiger partial charge in [0.05, 0.1) is 13.3 Å². The normalized spacial score (nSPS) is 10.8. The van der Waals surface area contributed by atoms with Gasteiger partial charge in [-0.3, -0.25) is 4.79 Å². The molecule has 0 aliphatic heterocycles. The number of carbonyl (C=O) groups excluding carboxylic acids is 1. The summed E-state index contributed by atoms with van der Waals surface area (Å²) >= 11 is 0. The second-order valence-corrected chi connectivity index (χ2v) is 5.99. The molecule has 0 radical (unpaired) electrons. The number of aromatic nitrogens is 2. The van der Waals surface area contributed by atoms with Crippen molar-refractivity contribution >= 4 is 17.7 Å². The minimum absolute atomic E-state index is 0.0164. The average Bonchev–Trinajstić information content (AvgIpc) is 3.10. The summed E-state index contributed by atoms with van der Waals surface area (Å²) in [5, 5.41) is 16.7. The van der Waals surface area contributed by atoms with E-state index >= 15 is 0 Å². The van der Waals surface area contributed by atoms with E-state index in [4.69, 9.17) is 9.47 Å². The highest BCUT2D eigenvalue weighted by molar-refractivity contribution is 6.02. The lowest BCUT2D eigenvalue weighted by molar-refractivity contribution is -0.111. The number of rotatable bonds is 7. The zero-order chi connectivity index (χ0) is 19.9. The summed E-state index contributed by atoms with van der Waals surface area (Å²) in [5.74, 6) is 0.746. The van der Waals surface area contributed by atoms with E-state index < -0.39 is 0 Å². The molecule has 2 aromatic carbocycles. The molecular formula is C21H21N3O4. The Balaban J connectivity index is 1.65. The summed E-state index contributed by atoms with van der Waals surface area (Å²) in [6.45, 7) is 0.298. The Morgan fingerprint density at radius 2 is 2.07 bits per heavy atom. The smallest absolute Gasteiger partial charge is 0.248 e. The van der Waals surface area contributed by atoms with Gasteiger partial charge in [0, 0.05) is 30.4 Å². The molecule has 3 aromatic rings. The molecule has 0 spiro atoms. The van der Waals surface area contributed by atoms with Gasteiger partial charge in [0.25, 0.3) is 0 Å². The number of amides is 1. The summed E-state index contributed by atoms with van der Waals surface area (Å²) in [5.41, 5.74) is 2.19. The number of aromatic hydroxyl groups is 1. The number of phenols is 1. The third-order valence-electron chi connectivity index (χ3n) is 4.06. The van der Waals surface area contributed by atoms with E-state index in [2.05, 4.69) is 10.4 Å². The molecule has 0 atom stereocenters. The molecule has 1 amide bonds. The number of nitrogens with one attached hydrogen (secondary N) is 1. The van der Waals surface area contributed by atoms with Crippen molar-refractivity contribution in [3.63, 3.8) is 0 Å². The number of aryl methyl sites for hydroxylation is 1. The monoisotopic (exact) mass is 379 g/mol. The van der Waals surface area contributed by atoms with Crippen LogP contribution in [-0.4, -0.2) is 27.9 Å². The molecule has 2 N–H and O–H groups in total. The number of hydrogen-bond acceptors (Lipinski definition) is 5. The van der Waals surface area contributed by atoms with E-state index in [1.165, 1.54) is 19.3 Å². The molecule has 0 fully saturated rings. The molecule has 0 saturated carbocycles. The standard InChI is InChI=1S/C21H21N3O4/c1-24-21(11-12-22-24)28-14-16-5-3-4-6-17(16)23-20(26)10-8-15-7-9-19(27-2)18(25)13-15/h3-13,25H,14H2,1-2H3,(H,23,26). The SMILES string of the molecule is COc1ccc(C=CC(=O)Nc2ccccc2COc2ccnn2C)cc1O. The van der Waals surface area contributed by atoms with Gasteiger partial charge in [-0.05, 0) is 29.8 Å². The Bertz CT molecular complexity index is 995. The van der Waals surface area contributed by atoms with Gasteiger partial charge in [0.2, 0.25) is 11.8 Å².